The number of aliphatic hydroxyl groups excluding tert-OH is 1. The highest BCUT2D eigenvalue weighted by atomic mass is 35.5. The van der Waals surface area contributed by atoms with Gasteiger partial charge in [-0.2, -0.15) is 5.10 Å². The molecule has 1 aromatic carbocycles. The molecular weight excluding hydrogens is 404 g/mol. The van der Waals surface area contributed by atoms with Gasteiger partial charge in [0.25, 0.3) is 0 Å². The minimum Gasteiger partial charge on any atom is -0.491 e. The Morgan fingerprint density at radius 1 is 1.27 bits per heavy atom. The average molecular weight is 431 g/mol. The Hall–Kier alpha value is -2.42. The fourth-order valence-electron chi connectivity index (χ4n) is 4.28. The molecule has 0 unspecified atom stereocenters. The summed E-state index contributed by atoms with van der Waals surface area (Å²) >= 11 is 0. The standard InChI is InChI=1S/C21H26N6O2.ClH/c1-13(2)27-21(23-12-24-27)17-11-26-7-8-29-19-9-14(3-4-16(19)20(26)25-17)15-5-6-22-10-18(15)28;/h3-4,9,11-13,15,18,22,28H,5-8,10H2,1-2H3;1H/t15-,18+;/m0./s1. The quantitative estimate of drug-likeness (QED) is 0.664. The van der Waals surface area contributed by atoms with Crippen LogP contribution < -0.4 is 10.1 Å². The van der Waals surface area contributed by atoms with E-state index in [9.17, 15) is 5.11 Å². The monoisotopic (exact) mass is 430 g/mol. The lowest BCUT2D eigenvalue weighted by Gasteiger charge is -2.29. The van der Waals surface area contributed by atoms with E-state index >= 15 is 0 Å². The van der Waals surface area contributed by atoms with Crippen LogP contribution in [0.15, 0.2) is 30.7 Å². The molecule has 3 aromatic rings. The zero-order chi connectivity index (χ0) is 20.0. The molecule has 0 saturated carbocycles. The van der Waals surface area contributed by atoms with Gasteiger partial charge in [-0.05, 0) is 44.5 Å². The van der Waals surface area contributed by atoms with Crippen LogP contribution in [0.1, 0.15) is 37.8 Å². The van der Waals surface area contributed by atoms with Gasteiger partial charge >= 0.3 is 0 Å². The molecule has 0 radical (unpaired) electrons. The predicted octanol–water partition coefficient (Wildman–Crippen LogP) is 2.64. The highest BCUT2D eigenvalue weighted by Crippen LogP contribution is 2.37. The first-order valence-corrected chi connectivity index (χ1v) is 10.2. The molecule has 0 amide bonds. The van der Waals surface area contributed by atoms with Crippen LogP contribution >= 0.6 is 12.4 Å². The number of nitrogens with one attached hydrogen (secondary N) is 1. The summed E-state index contributed by atoms with van der Waals surface area (Å²) in [6.45, 7) is 7.01. The Kier molecular flexibility index (Phi) is 5.81. The van der Waals surface area contributed by atoms with Crippen molar-refractivity contribution in [2.45, 2.75) is 44.9 Å². The molecule has 2 aliphatic heterocycles. The number of rotatable bonds is 3. The number of aromatic nitrogens is 5. The second-order valence-electron chi connectivity index (χ2n) is 8.04. The van der Waals surface area contributed by atoms with Crippen LogP contribution in [0.25, 0.3) is 22.9 Å². The van der Waals surface area contributed by atoms with Crippen molar-refractivity contribution in [2.24, 2.45) is 0 Å². The van der Waals surface area contributed by atoms with Crippen molar-refractivity contribution in [1.82, 2.24) is 29.6 Å². The van der Waals surface area contributed by atoms with Crippen molar-refractivity contribution in [2.75, 3.05) is 19.7 Å². The number of aliphatic hydroxyl groups is 1. The highest BCUT2D eigenvalue weighted by molar-refractivity contribution is 5.85. The molecule has 2 aromatic heterocycles. The van der Waals surface area contributed by atoms with Gasteiger partial charge in [-0.15, -0.1) is 12.4 Å². The number of imidazole rings is 1. The Balaban J connectivity index is 0.00000218. The van der Waals surface area contributed by atoms with Crippen LogP contribution in [0.4, 0.5) is 0 Å². The molecule has 4 heterocycles. The lowest BCUT2D eigenvalue weighted by molar-refractivity contribution is 0.118. The van der Waals surface area contributed by atoms with Gasteiger partial charge in [0.2, 0.25) is 0 Å². The molecular formula is C21H27ClN6O2. The summed E-state index contributed by atoms with van der Waals surface area (Å²) in [5.74, 6) is 2.61. The summed E-state index contributed by atoms with van der Waals surface area (Å²) in [5.41, 5.74) is 2.91. The lowest BCUT2D eigenvalue weighted by Crippen LogP contribution is -2.39. The van der Waals surface area contributed by atoms with Crippen molar-refractivity contribution in [3.63, 3.8) is 0 Å². The molecule has 1 fully saturated rings. The Morgan fingerprint density at radius 2 is 2.13 bits per heavy atom. The molecule has 1 saturated heterocycles. The predicted molar refractivity (Wildman–Crippen MR) is 116 cm³/mol. The van der Waals surface area contributed by atoms with Crippen LogP contribution in [0.5, 0.6) is 5.75 Å². The van der Waals surface area contributed by atoms with E-state index < -0.39 is 0 Å². The molecule has 0 spiro atoms. The van der Waals surface area contributed by atoms with Crippen LogP contribution in [0, 0.1) is 0 Å². The van der Waals surface area contributed by atoms with E-state index in [1.807, 2.05) is 10.9 Å². The molecule has 30 heavy (non-hydrogen) atoms. The average Bonchev–Trinajstić information content (AvgIpc) is 3.32. The topological polar surface area (TPSA) is 90.0 Å². The number of fused-ring (bicyclic) bond motifs is 3. The number of nitrogens with zero attached hydrogens (tertiary/aromatic N) is 5. The Bertz CT molecular complexity index is 1030. The zero-order valence-corrected chi connectivity index (χ0v) is 18.0. The third kappa shape index (κ3) is 3.59. The molecule has 160 valence electrons. The van der Waals surface area contributed by atoms with E-state index in [0.29, 0.717) is 13.2 Å². The summed E-state index contributed by atoms with van der Waals surface area (Å²) in [5, 5.41) is 18.0. The largest absolute Gasteiger partial charge is 0.491 e. The van der Waals surface area contributed by atoms with Crippen LogP contribution in [0.2, 0.25) is 0 Å². The second kappa shape index (κ2) is 8.37. The molecule has 5 rings (SSSR count). The van der Waals surface area contributed by atoms with Crippen molar-refractivity contribution in [3.05, 3.63) is 36.3 Å². The molecule has 0 bridgehead atoms. The van der Waals surface area contributed by atoms with Crippen LogP contribution in [-0.4, -0.2) is 55.2 Å². The van der Waals surface area contributed by atoms with E-state index in [0.717, 1.165) is 53.7 Å². The van der Waals surface area contributed by atoms with E-state index in [4.69, 9.17) is 9.72 Å². The molecule has 2 atom stereocenters. The number of piperidine rings is 1. The van der Waals surface area contributed by atoms with E-state index in [1.165, 1.54) is 0 Å². The summed E-state index contributed by atoms with van der Waals surface area (Å²) in [6, 6.07) is 6.46. The zero-order valence-electron chi connectivity index (χ0n) is 17.2. The third-order valence-electron chi connectivity index (χ3n) is 5.78. The first-order chi connectivity index (χ1) is 14.1. The smallest absolute Gasteiger partial charge is 0.178 e. The molecule has 2 aliphatic rings. The first-order valence-electron chi connectivity index (χ1n) is 10.2. The van der Waals surface area contributed by atoms with Gasteiger partial charge in [0.15, 0.2) is 5.82 Å². The number of hydrogen-bond acceptors (Lipinski definition) is 6. The van der Waals surface area contributed by atoms with E-state index in [-0.39, 0.29) is 30.5 Å². The fourth-order valence-corrected chi connectivity index (χ4v) is 4.28. The fraction of sp³-hybridized carbons (Fsp3) is 0.476. The number of hydrogen-bond donors (Lipinski definition) is 2. The van der Waals surface area contributed by atoms with Crippen molar-refractivity contribution in [3.8, 4) is 28.7 Å². The second-order valence-corrected chi connectivity index (χ2v) is 8.04. The Morgan fingerprint density at radius 3 is 2.93 bits per heavy atom. The maximum Gasteiger partial charge on any atom is 0.178 e. The maximum absolute atomic E-state index is 10.4. The lowest BCUT2D eigenvalue weighted by atomic mass is 9.87. The van der Waals surface area contributed by atoms with Crippen molar-refractivity contribution >= 4 is 12.4 Å². The summed E-state index contributed by atoms with van der Waals surface area (Å²) in [4.78, 5) is 9.32. The van der Waals surface area contributed by atoms with Crippen molar-refractivity contribution < 1.29 is 9.84 Å². The first kappa shape index (κ1) is 20.8. The molecule has 9 heteroatoms. The summed E-state index contributed by atoms with van der Waals surface area (Å²) < 4.78 is 10.1. The summed E-state index contributed by atoms with van der Waals surface area (Å²) in [6.07, 6.45) is 4.15. The van der Waals surface area contributed by atoms with Gasteiger partial charge in [0, 0.05) is 24.7 Å². The van der Waals surface area contributed by atoms with Crippen molar-refractivity contribution in [1.29, 1.82) is 0 Å². The number of β-amino-alcohol motifs (C(OH)–C–C–N with tert-alkyl or cyclic N) is 1. The van der Waals surface area contributed by atoms with E-state index in [2.05, 4.69) is 52.0 Å². The van der Waals surface area contributed by atoms with Crippen LogP contribution in [0.3, 0.4) is 0 Å². The van der Waals surface area contributed by atoms with Gasteiger partial charge in [-0.25, -0.2) is 14.6 Å². The minimum atomic E-state index is -0.372. The van der Waals surface area contributed by atoms with E-state index in [1.54, 1.807) is 6.33 Å². The third-order valence-corrected chi connectivity index (χ3v) is 5.78. The summed E-state index contributed by atoms with van der Waals surface area (Å²) in [7, 11) is 0. The number of ether oxygens (including phenoxy) is 1. The van der Waals surface area contributed by atoms with Gasteiger partial charge < -0.3 is 19.7 Å². The highest BCUT2D eigenvalue weighted by Gasteiger charge is 2.27. The molecule has 0 aliphatic carbocycles. The Labute approximate surface area is 181 Å². The maximum atomic E-state index is 10.4. The van der Waals surface area contributed by atoms with Crippen LogP contribution in [-0.2, 0) is 6.54 Å². The SMILES string of the molecule is CC(C)n1ncnc1-c1cn2c(n1)-c1ccc([C@@H]3CCNC[C@H]3O)cc1OCC2.Cl. The van der Waals surface area contributed by atoms with Gasteiger partial charge in [0.1, 0.15) is 30.2 Å². The number of benzene rings is 1. The normalized spacial score (nSPS) is 20.7. The number of halogens is 1. The molecule has 8 nitrogen and oxygen atoms in total. The van der Waals surface area contributed by atoms with Gasteiger partial charge in [0.05, 0.1) is 18.2 Å². The minimum absolute atomic E-state index is 0. The van der Waals surface area contributed by atoms with Gasteiger partial charge in [-0.1, -0.05) is 6.07 Å². The molecule has 2 N–H and O–H groups in total. The van der Waals surface area contributed by atoms with Gasteiger partial charge in [-0.3, -0.25) is 0 Å².